The predicted octanol–water partition coefficient (Wildman–Crippen LogP) is 7.69. The first kappa shape index (κ1) is 28.0. The van der Waals surface area contributed by atoms with Crippen molar-refractivity contribution in [2.75, 3.05) is 7.05 Å². The summed E-state index contributed by atoms with van der Waals surface area (Å²) in [6, 6.07) is 0. The summed E-state index contributed by atoms with van der Waals surface area (Å²) in [5, 5.41) is 0. The van der Waals surface area contributed by atoms with E-state index in [1.54, 1.807) is 0 Å². The fourth-order valence-electron chi connectivity index (χ4n) is 1.74. The summed E-state index contributed by atoms with van der Waals surface area (Å²) in [6.07, 6.45) is 12.3. The Kier molecular flexibility index (Phi) is 13.5. The molecular weight excluding hydrogens is 393 g/mol. The van der Waals surface area contributed by atoms with Crippen LogP contribution < -0.4 is 0 Å². The zero-order valence-corrected chi connectivity index (χ0v) is 21.4. The summed E-state index contributed by atoms with van der Waals surface area (Å²) in [6.45, 7) is 29.3. The van der Waals surface area contributed by atoms with E-state index in [0.29, 0.717) is 25.8 Å². The molecule has 0 aromatic heterocycles. The molecule has 0 N–H and O–H groups in total. The molecule has 1 heterocycles. The first-order chi connectivity index (χ1) is 12.2. The molecule has 1 nitrogen and oxygen atoms in total. The van der Waals surface area contributed by atoms with E-state index in [9.17, 15) is 0 Å². The zero-order chi connectivity index (χ0) is 21.8. The van der Waals surface area contributed by atoms with Crippen LogP contribution in [0.1, 0.15) is 69.2 Å². The molecule has 0 aliphatic carbocycles. The summed E-state index contributed by atoms with van der Waals surface area (Å²) >= 11 is 0.305. The fourth-order valence-corrected chi connectivity index (χ4v) is 4.16. The first-order valence-electron chi connectivity index (χ1n) is 9.60. The molecule has 0 spiro atoms. The molecule has 0 unspecified atom stereocenters. The maximum atomic E-state index is 3.92. The van der Waals surface area contributed by atoms with Crippen molar-refractivity contribution in [3.8, 4) is 0 Å². The van der Waals surface area contributed by atoms with E-state index >= 15 is 0 Å². The Bertz CT molecular complexity index is 563. The molecule has 0 atom stereocenters. The van der Waals surface area contributed by atoms with Gasteiger partial charge >= 0.3 is 111 Å². The Morgan fingerprint density at radius 1 is 0.889 bits per heavy atom. The van der Waals surface area contributed by atoms with Crippen molar-refractivity contribution in [2.45, 2.75) is 69.2 Å². The van der Waals surface area contributed by atoms with Crippen LogP contribution in [0.2, 0.25) is 0 Å². The Labute approximate surface area is 176 Å². The fraction of sp³-hybridized carbons (Fsp3) is 0.520. The second-order valence-electron chi connectivity index (χ2n) is 9.56. The average Bonchev–Trinajstić information content (AvgIpc) is 2.47. The van der Waals surface area contributed by atoms with Crippen molar-refractivity contribution >= 4 is 15.0 Å². The molecule has 0 saturated carbocycles. The second kappa shape index (κ2) is 13.0. The minimum atomic E-state index is 0.305. The number of likely N-dealkylation sites (N-methyl/N-ethyl adjacent to an activating group) is 1. The molecule has 0 aromatic rings. The van der Waals surface area contributed by atoms with Crippen molar-refractivity contribution in [1.29, 1.82) is 0 Å². The number of hydrogen-bond acceptors (Lipinski definition) is 1. The molecular formula is C25H43NSe. The quantitative estimate of drug-likeness (QED) is 0.410. The third kappa shape index (κ3) is 15.5. The molecule has 1 aliphatic rings. The van der Waals surface area contributed by atoms with Crippen LogP contribution in [0.3, 0.4) is 0 Å². The molecule has 0 bridgehead atoms. The molecule has 1 rings (SSSR count). The van der Waals surface area contributed by atoms with E-state index in [1.807, 2.05) is 19.1 Å². The number of allylic oxidation sites excluding steroid dienone is 8. The van der Waals surface area contributed by atoms with E-state index < -0.39 is 0 Å². The summed E-state index contributed by atoms with van der Waals surface area (Å²) < 4.78 is 2.66. The topological polar surface area (TPSA) is 3.24 Å². The number of rotatable bonds is 3. The maximum Gasteiger partial charge on any atom is -0.0411 e. The largest absolute Gasteiger partial charge is 0.0604 e. The van der Waals surface area contributed by atoms with Crippen LogP contribution in [-0.4, -0.2) is 26.9 Å². The molecule has 0 aromatic carbocycles. The SMILES string of the molecule is C=C/C=C1/[Se]C(C=C)=C(/C=C\C)N(C)/C1=C/C.CC(C)(C)C.CC(C)(C)C. The van der Waals surface area contributed by atoms with Crippen LogP contribution in [-0.2, 0) is 0 Å². The van der Waals surface area contributed by atoms with Gasteiger partial charge in [0, 0.05) is 0 Å². The number of nitrogens with zero attached hydrogens (tertiary/aromatic N) is 1. The van der Waals surface area contributed by atoms with Crippen LogP contribution in [0.4, 0.5) is 0 Å². The Balaban J connectivity index is 0. The van der Waals surface area contributed by atoms with Crippen molar-refractivity contribution < 1.29 is 0 Å². The summed E-state index contributed by atoms with van der Waals surface area (Å²) in [5.41, 5.74) is 3.51. The Morgan fingerprint density at radius 3 is 1.63 bits per heavy atom. The van der Waals surface area contributed by atoms with E-state index in [-0.39, 0.29) is 0 Å². The van der Waals surface area contributed by atoms with Gasteiger partial charge in [0.05, 0.1) is 0 Å². The van der Waals surface area contributed by atoms with Gasteiger partial charge in [0.25, 0.3) is 0 Å². The molecule has 0 fully saturated rings. The van der Waals surface area contributed by atoms with E-state index in [2.05, 4.69) is 112 Å². The predicted molar refractivity (Wildman–Crippen MR) is 128 cm³/mol. The summed E-state index contributed by atoms with van der Waals surface area (Å²) in [7, 11) is 2.10. The molecule has 0 saturated heterocycles. The van der Waals surface area contributed by atoms with Gasteiger partial charge in [0.2, 0.25) is 0 Å². The maximum absolute atomic E-state index is 3.92. The first-order valence-corrected chi connectivity index (χ1v) is 11.3. The second-order valence-corrected chi connectivity index (χ2v) is 11.8. The van der Waals surface area contributed by atoms with Crippen molar-refractivity contribution in [2.24, 2.45) is 10.8 Å². The molecule has 1 aliphatic heterocycles. The monoisotopic (exact) mass is 437 g/mol. The van der Waals surface area contributed by atoms with Gasteiger partial charge in [-0.3, -0.25) is 0 Å². The molecule has 27 heavy (non-hydrogen) atoms. The van der Waals surface area contributed by atoms with Gasteiger partial charge in [-0.05, 0) is 10.8 Å². The minimum absolute atomic E-state index is 0.305. The van der Waals surface area contributed by atoms with Gasteiger partial charge in [0.15, 0.2) is 0 Å². The summed E-state index contributed by atoms with van der Waals surface area (Å²) in [5.74, 6) is 0. The van der Waals surface area contributed by atoms with Gasteiger partial charge in [-0.1, -0.05) is 55.4 Å². The van der Waals surface area contributed by atoms with Gasteiger partial charge in [0.1, 0.15) is 0 Å². The van der Waals surface area contributed by atoms with Gasteiger partial charge in [-0.15, -0.1) is 0 Å². The minimum Gasteiger partial charge on any atom is -0.0604 e. The Morgan fingerprint density at radius 2 is 1.33 bits per heavy atom. The van der Waals surface area contributed by atoms with Crippen LogP contribution >= 0.6 is 0 Å². The van der Waals surface area contributed by atoms with Gasteiger partial charge in [-0.25, -0.2) is 0 Å². The standard InChI is InChI=1S/C15H19NSe.2C5H12/c1-6-10-13-14(9-4)17-15(11-7-2)12(8-3)16(13)5;2*1-5(2,3)4/h6-11H,2,4H2,1,3,5H3;2*1-4H3/b10-6-,12-8+,15-11+;;. The third-order valence-corrected chi connectivity index (χ3v) is 4.94. The van der Waals surface area contributed by atoms with Crippen LogP contribution in [0.25, 0.3) is 0 Å². The smallest absolute Gasteiger partial charge is 0.0411 e. The molecule has 2 heteroatoms. The Hall–Kier alpha value is -1.24. The van der Waals surface area contributed by atoms with Crippen molar-refractivity contribution in [1.82, 2.24) is 4.90 Å². The van der Waals surface area contributed by atoms with E-state index in [4.69, 9.17) is 0 Å². The van der Waals surface area contributed by atoms with Crippen LogP contribution in [0, 0.1) is 10.8 Å². The molecule has 154 valence electrons. The van der Waals surface area contributed by atoms with E-state index in [0.717, 1.165) is 0 Å². The molecule has 0 amide bonds. The third-order valence-electron chi connectivity index (χ3n) is 2.50. The van der Waals surface area contributed by atoms with Gasteiger partial charge in [-0.2, -0.15) is 0 Å². The average molecular weight is 437 g/mol. The zero-order valence-electron chi connectivity index (χ0n) is 19.7. The number of hydrogen-bond donors (Lipinski definition) is 0. The van der Waals surface area contributed by atoms with Crippen molar-refractivity contribution in [3.63, 3.8) is 0 Å². The van der Waals surface area contributed by atoms with Crippen molar-refractivity contribution in [3.05, 3.63) is 70.0 Å². The van der Waals surface area contributed by atoms with E-state index in [1.165, 1.54) is 20.3 Å². The normalized spacial score (nSPS) is 18.1. The van der Waals surface area contributed by atoms with Crippen LogP contribution in [0.5, 0.6) is 0 Å². The van der Waals surface area contributed by atoms with Crippen LogP contribution in [0.15, 0.2) is 70.0 Å². The van der Waals surface area contributed by atoms with Gasteiger partial charge < -0.3 is 0 Å². The molecule has 0 radical (unpaired) electrons. The summed E-state index contributed by atoms with van der Waals surface area (Å²) in [4.78, 5) is 2.22.